The van der Waals surface area contributed by atoms with Crippen molar-refractivity contribution in [2.45, 2.75) is 24.8 Å². The van der Waals surface area contributed by atoms with E-state index in [0.29, 0.717) is 17.4 Å². The minimum atomic E-state index is -0.433. The SMILES string of the molecule is NC1(c2noc(-c3cn(-c4ccccc4)nn3)n2)CCC1. The molecule has 1 aliphatic rings. The van der Waals surface area contributed by atoms with Crippen molar-refractivity contribution in [3.05, 3.63) is 42.4 Å². The molecule has 21 heavy (non-hydrogen) atoms. The molecule has 4 rings (SSSR count). The maximum absolute atomic E-state index is 6.19. The molecule has 0 amide bonds. The molecule has 0 bridgehead atoms. The molecule has 0 radical (unpaired) electrons. The lowest BCUT2D eigenvalue weighted by Crippen LogP contribution is -2.44. The number of hydrogen-bond acceptors (Lipinski definition) is 6. The van der Waals surface area contributed by atoms with E-state index in [4.69, 9.17) is 10.3 Å². The summed E-state index contributed by atoms with van der Waals surface area (Å²) >= 11 is 0. The van der Waals surface area contributed by atoms with Gasteiger partial charge < -0.3 is 10.3 Å². The van der Waals surface area contributed by atoms with Gasteiger partial charge in [0.2, 0.25) is 0 Å². The van der Waals surface area contributed by atoms with Crippen LogP contribution in [0.4, 0.5) is 0 Å². The largest absolute Gasteiger partial charge is 0.332 e. The Hall–Kier alpha value is -2.54. The molecule has 1 saturated carbocycles. The van der Waals surface area contributed by atoms with Crippen LogP contribution < -0.4 is 5.73 Å². The summed E-state index contributed by atoms with van der Waals surface area (Å²) in [6.07, 6.45) is 4.65. The van der Waals surface area contributed by atoms with E-state index in [-0.39, 0.29) is 0 Å². The number of para-hydroxylation sites is 1. The first kappa shape index (κ1) is 12.2. The molecule has 0 atom stereocenters. The van der Waals surface area contributed by atoms with E-state index in [0.717, 1.165) is 24.9 Å². The van der Waals surface area contributed by atoms with Crippen molar-refractivity contribution >= 4 is 0 Å². The van der Waals surface area contributed by atoms with E-state index in [2.05, 4.69) is 20.5 Å². The second-order valence-electron chi connectivity index (χ2n) is 5.32. The molecule has 1 aliphatic carbocycles. The molecular formula is C14H14N6O. The van der Waals surface area contributed by atoms with Crippen LogP contribution in [-0.2, 0) is 5.54 Å². The van der Waals surface area contributed by atoms with Crippen LogP contribution in [0.3, 0.4) is 0 Å². The molecule has 106 valence electrons. The molecule has 3 aromatic rings. The normalized spacial score (nSPS) is 16.6. The Morgan fingerprint density at radius 3 is 2.71 bits per heavy atom. The molecule has 1 aromatic carbocycles. The summed E-state index contributed by atoms with van der Waals surface area (Å²) in [7, 11) is 0. The number of aromatic nitrogens is 5. The van der Waals surface area contributed by atoms with Crippen LogP contribution in [0, 0.1) is 0 Å². The fraction of sp³-hybridized carbons (Fsp3) is 0.286. The van der Waals surface area contributed by atoms with Crippen LogP contribution in [-0.4, -0.2) is 25.1 Å². The third kappa shape index (κ3) is 2.02. The smallest absolute Gasteiger partial charge is 0.280 e. The third-order valence-electron chi connectivity index (χ3n) is 3.85. The van der Waals surface area contributed by atoms with Crippen LogP contribution in [0.2, 0.25) is 0 Å². The van der Waals surface area contributed by atoms with Gasteiger partial charge in [-0.3, -0.25) is 0 Å². The van der Waals surface area contributed by atoms with E-state index in [9.17, 15) is 0 Å². The molecule has 0 spiro atoms. The number of nitrogens with zero attached hydrogens (tertiary/aromatic N) is 5. The predicted molar refractivity (Wildman–Crippen MR) is 74.4 cm³/mol. The molecule has 7 heteroatoms. The number of benzene rings is 1. The Balaban J connectivity index is 1.64. The lowest BCUT2D eigenvalue weighted by Gasteiger charge is -2.34. The average molecular weight is 282 g/mol. The van der Waals surface area contributed by atoms with Gasteiger partial charge in [0.25, 0.3) is 5.89 Å². The summed E-state index contributed by atoms with van der Waals surface area (Å²) in [6, 6.07) is 9.72. The molecular weight excluding hydrogens is 268 g/mol. The predicted octanol–water partition coefficient (Wildman–Crippen LogP) is 1.66. The Bertz CT molecular complexity index is 759. The maximum Gasteiger partial charge on any atom is 0.280 e. The topological polar surface area (TPSA) is 95.7 Å². The van der Waals surface area contributed by atoms with Gasteiger partial charge >= 0.3 is 0 Å². The van der Waals surface area contributed by atoms with Crippen molar-refractivity contribution in [3.63, 3.8) is 0 Å². The molecule has 2 aromatic heterocycles. The van der Waals surface area contributed by atoms with Crippen molar-refractivity contribution in [3.8, 4) is 17.3 Å². The van der Waals surface area contributed by atoms with Crippen LogP contribution in [0.25, 0.3) is 17.3 Å². The lowest BCUT2D eigenvalue weighted by atomic mass is 9.77. The van der Waals surface area contributed by atoms with Gasteiger partial charge in [-0.25, -0.2) is 4.68 Å². The van der Waals surface area contributed by atoms with Crippen LogP contribution in [0.5, 0.6) is 0 Å². The van der Waals surface area contributed by atoms with Gasteiger partial charge in [0, 0.05) is 0 Å². The standard InChI is InChI=1S/C14H14N6O/c15-14(7-4-8-14)13-16-12(21-18-13)11-9-20(19-17-11)10-5-2-1-3-6-10/h1-3,5-6,9H,4,7-8,15H2. The highest BCUT2D eigenvalue weighted by atomic mass is 16.5. The van der Waals surface area contributed by atoms with Gasteiger partial charge in [0.1, 0.15) is 0 Å². The van der Waals surface area contributed by atoms with E-state index >= 15 is 0 Å². The van der Waals surface area contributed by atoms with Crippen molar-refractivity contribution in [1.82, 2.24) is 25.1 Å². The van der Waals surface area contributed by atoms with Gasteiger partial charge in [-0.05, 0) is 31.4 Å². The summed E-state index contributed by atoms with van der Waals surface area (Å²) in [5.41, 5.74) is 7.22. The third-order valence-corrected chi connectivity index (χ3v) is 3.85. The Morgan fingerprint density at radius 1 is 1.19 bits per heavy atom. The number of nitrogens with two attached hydrogens (primary N) is 1. The Kier molecular flexibility index (Phi) is 2.61. The van der Waals surface area contributed by atoms with E-state index in [1.54, 1.807) is 10.9 Å². The highest BCUT2D eigenvalue weighted by Crippen LogP contribution is 2.37. The quantitative estimate of drug-likeness (QED) is 0.784. The second-order valence-corrected chi connectivity index (χ2v) is 5.32. The Labute approximate surface area is 120 Å². The molecule has 0 saturated heterocycles. The van der Waals surface area contributed by atoms with Crippen molar-refractivity contribution < 1.29 is 4.52 Å². The van der Waals surface area contributed by atoms with Crippen molar-refractivity contribution in [1.29, 1.82) is 0 Å². The van der Waals surface area contributed by atoms with Crippen LogP contribution in [0.15, 0.2) is 41.1 Å². The molecule has 7 nitrogen and oxygen atoms in total. The zero-order chi connectivity index (χ0) is 14.3. The fourth-order valence-corrected chi connectivity index (χ4v) is 2.38. The summed E-state index contributed by atoms with van der Waals surface area (Å²) in [4.78, 5) is 4.36. The summed E-state index contributed by atoms with van der Waals surface area (Å²) in [6.45, 7) is 0. The molecule has 0 aliphatic heterocycles. The Morgan fingerprint density at radius 2 is 2.00 bits per heavy atom. The van der Waals surface area contributed by atoms with Crippen LogP contribution >= 0.6 is 0 Å². The number of hydrogen-bond donors (Lipinski definition) is 1. The van der Waals surface area contributed by atoms with Gasteiger partial charge in [-0.1, -0.05) is 28.6 Å². The van der Waals surface area contributed by atoms with Crippen molar-refractivity contribution in [2.24, 2.45) is 5.73 Å². The highest BCUT2D eigenvalue weighted by molar-refractivity contribution is 5.45. The van der Waals surface area contributed by atoms with Gasteiger partial charge in [0.15, 0.2) is 11.5 Å². The van der Waals surface area contributed by atoms with E-state index < -0.39 is 5.54 Å². The summed E-state index contributed by atoms with van der Waals surface area (Å²) < 4.78 is 6.93. The van der Waals surface area contributed by atoms with Gasteiger partial charge in [0.05, 0.1) is 17.4 Å². The molecule has 2 N–H and O–H groups in total. The first-order valence-electron chi connectivity index (χ1n) is 6.86. The second kappa shape index (κ2) is 4.49. The summed E-state index contributed by atoms with van der Waals surface area (Å²) in [5, 5.41) is 12.1. The van der Waals surface area contributed by atoms with E-state index in [1.807, 2.05) is 30.3 Å². The average Bonchev–Trinajstić information content (AvgIpc) is 3.14. The van der Waals surface area contributed by atoms with Gasteiger partial charge in [-0.2, -0.15) is 4.98 Å². The first-order valence-corrected chi connectivity index (χ1v) is 6.86. The molecule has 2 heterocycles. The maximum atomic E-state index is 6.19. The minimum absolute atomic E-state index is 0.351. The monoisotopic (exact) mass is 282 g/mol. The zero-order valence-corrected chi connectivity index (χ0v) is 11.3. The fourth-order valence-electron chi connectivity index (χ4n) is 2.38. The minimum Gasteiger partial charge on any atom is -0.332 e. The van der Waals surface area contributed by atoms with Crippen LogP contribution in [0.1, 0.15) is 25.1 Å². The molecule has 0 unspecified atom stereocenters. The zero-order valence-electron chi connectivity index (χ0n) is 11.3. The highest BCUT2D eigenvalue weighted by Gasteiger charge is 2.39. The van der Waals surface area contributed by atoms with E-state index in [1.165, 1.54) is 0 Å². The van der Waals surface area contributed by atoms with Gasteiger partial charge in [-0.15, -0.1) is 5.10 Å². The number of rotatable bonds is 3. The van der Waals surface area contributed by atoms with Crippen molar-refractivity contribution in [2.75, 3.05) is 0 Å². The first-order chi connectivity index (χ1) is 10.2. The molecule has 1 fully saturated rings. The summed E-state index contributed by atoms with van der Waals surface area (Å²) in [5.74, 6) is 0.905. The lowest BCUT2D eigenvalue weighted by molar-refractivity contribution is 0.229.